The number of aliphatic hydroxyl groups excluding tert-OH is 1. The third-order valence-electron chi connectivity index (χ3n) is 13.0. The average molecular weight is 993 g/mol. The average Bonchev–Trinajstić information content (AvgIpc) is 4.19. The summed E-state index contributed by atoms with van der Waals surface area (Å²) in [6, 6.07) is 24.5. The number of aryl methyl sites for hydroxylation is 1. The summed E-state index contributed by atoms with van der Waals surface area (Å²) < 4.78 is 9.92. The highest BCUT2D eigenvalue weighted by molar-refractivity contribution is 7.13. The zero-order chi connectivity index (χ0) is 49.9. The molecule has 3 N–H and O–H groups in total. The van der Waals surface area contributed by atoms with Gasteiger partial charge in [-0.2, -0.15) is 10.4 Å². The number of nitriles is 1. The van der Waals surface area contributed by atoms with E-state index in [2.05, 4.69) is 41.7 Å². The molecule has 71 heavy (non-hydrogen) atoms. The molecule has 18 heteroatoms. The first-order valence-electron chi connectivity index (χ1n) is 23.6. The largest absolute Gasteiger partial charge is 0.471 e. The molecule has 0 saturated carbocycles. The van der Waals surface area contributed by atoms with Crippen LogP contribution in [0.1, 0.15) is 73.4 Å². The minimum atomic E-state index is -0.817. The molecule has 7 aromatic rings. The number of rotatable bonds is 16. The van der Waals surface area contributed by atoms with Gasteiger partial charge in [0.2, 0.25) is 17.7 Å². The molecule has 2 saturated heterocycles. The topological polar surface area (TPSA) is 196 Å². The number of thiazole rings is 1. The van der Waals surface area contributed by atoms with Crippen molar-refractivity contribution in [3.63, 3.8) is 0 Å². The molecule has 5 aromatic heterocycles. The Balaban J connectivity index is 0.763. The number of benzene rings is 2. The number of carbonyl (C=O) groups is 3. The van der Waals surface area contributed by atoms with Crippen molar-refractivity contribution in [2.75, 3.05) is 24.5 Å². The third-order valence-corrected chi connectivity index (χ3v) is 14.3. The second-order valence-corrected chi connectivity index (χ2v) is 19.8. The quantitative estimate of drug-likeness (QED) is 0.0852. The van der Waals surface area contributed by atoms with Crippen LogP contribution in [-0.4, -0.2) is 101 Å². The maximum Gasteiger partial charge on any atom is 0.253 e. The van der Waals surface area contributed by atoms with Crippen LogP contribution < -0.4 is 20.3 Å². The molecule has 2 fully saturated rings. The Bertz CT molecular complexity index is 3080. The van der Waals surface area contributed by atoms with Gasteiger partial charge in [-0.3, -0.25) is 19.1 Å². The standard InChI is InChI=1S/C53H54ClN11O5S/c1-31(2)49(53(69)65-27-42(66)22-46(65)52(68)60-33(4)35-6-8-36(9-7-35)50-34(5)58-30-71-50)62-18-15-41(26-62)37-14-17-56-48(21-37)70-43-28-63(29-43)47-13-12-40(24-57-47)51(67)59-32(3)25-64-19-16-45(61-64)38-10-11-39(23-55)44(54)20-38/h6-21,24,26,30-33,42-43,46,49,66H,22,25,27-29H2,1-5H3,(H,59,67)(H,60,68)/t32?,33-,42+,46?,49?/m0/s1. The number of anilines is 1. The number of nitrogens with one attached hydrogen (secondary N) is 2. The number of amides is 3. The minimum Gasteiger partial charge on any atom is -0.471 e. The van der Waals surface area contributed by atoms with Gasteiger partial charge in [0, 0.05) is 61.6 Å². The lowest BCUT2D eigenvalue weighted by atomic mass is 10.0. The van der Waals surface area contributed by atoms with E-state index in [1.807, 2.05) is 118 Å². The monoisotopic (exact) mass is 991 g/mol. The number of aliphatic hydroxyl groups is 1. The van der Waals surface area contributed by atoms with E-state index in [0.29, 0.717) is 47.4 Å². The van der Waals surface area contributed by atoms with E-state index in [9.17, 15) is 19.5 Å². The molecule has 2 aliphatic rings. The van der Waals surface area contributed by atoms with Gasteiger partial charge >= 0.3 is 0 Å². The first-order valence-corrected chi connectivity index (χ1v) is 24.8. The van der Waals surface area contributed by atoms with Crippen molar-refractivity contribution >= 4 is 46.5 Å². The van der Waals surface area contributed by atoms with E-state index in [0.717, 1.165) is 44.2 Å². The van der Waals surface area contributed by atoms with Gasteiger partial charge in [0.1, 0.15) is 30.1 Å². The summed E-state index contributed by atoms with van der Waals surface area (Å²) in [6.45, 7) is 11.4. The number of nitrogens with zero attached hydrogens (tertiary/aromatic N) is 9. The van der Waals surface area contributed by atoms with Crippen molar-refractivity contribution in [1.82, 2.24) is 44.8 Å². The minimum absolute atomic E-state index is 0.0733. The molecule has 364 valence electrons. The van der Waals surface area contributed by atoms with Crippen molar-refractivity contribution in [3.8, 4) is 44.8 Å². The molecule has 0 radical (unpaired) electrons. The fourth-order valence-corrected chi connectivity index (χ4v) is 10.2. The summed E-state index contributed by atoms with van der Waals surface area (Å²) >= 11 is 7.80. The molecule has 0 spiro atoms. The lowest BCUT2D eigenvalue weighted by Gasteiger charge is -2.39. The number of ether oxygens (including phenoxy) is 1. The zero-order valence-electron chi connectivity index (χ0n) is 39.9. The second kappa shape index (κ2) is 20.9. The first kappa shape index (κ1) is 48.6. The molecule has 9 rings (SSSR count). The lowest BCUT2D eigenvalue weighted by molar-refractivity contribution is -0.142. The molecule has 16 nitrogen and oxygen atoms in total. The zero-order valence-corrected chi connectivity index (χ0v) is 41.5. The fourth-order valence-electron chi connectivity index (χ4n) is 9.13. The summed E-state index contributed by atoms with van der Waals surface area (Å²) in [5.41, 5.74) is 8.89. The summed E-state index contributed by atoms with van der Waals surface area (Å²) in [4.78, 5) is 59.4. The van der Waals surface area contributed by atoms with Crippen LogP contribution in [0.4, 0.5) is 5.82 Å². The molecule has 0 aliphatic carbocycles. The molecule has 0 bridgehead atoms. The summed E-state index contributed by atoms with van der Waals surface area (Å²) in [5.74, 6) is 0.309. The van der Waals surface area contributed by atoms with Crippen LogP contribution >= 0.6 is 22.9 Å². The van der Waals surface area contributed by atoms with Crippen molar-refractivity contribution < 1.29 is 24.2 Å². The highest BCUT2D eigenvalue weighted by atomic mass is 35.5. The van der Waals surface area contributed by atoms with Gasteiger partial charge in [0.25, 0.3) is 5.91 Å². The van der Waals surface area contributed by atoms with E-state index in [1.54, 1.807) is 52.7 Å². The molecule has 3 unspecified atom stereocenters. The second-order valence-electron chi connectivity index (χ2n) is 18.6. The Morgan fingerprint density at radius 3 is 2.39 bits per heavy atom. The number of carbonyl (C=O) groups excluding carboxylic acids is 3. The first-order chi connectivity index (χ1) is 34.2. The van der Waals surface area contributed by atoms with Crippen LogP contribution in [-0.2, 0) is 16.1 Å². The van der Waals surface area contributed by atoms with Gasteiger partial charge in [0.05, 0.1) is 69.7 Å². The Morgan fingerprint density at radius 2 is 1.69 bits per heavy atom. The summed E-state index contributed by atoms with van der Waals surface area (Å²) in [5, 5.41) is 31.0. The van der Waals surface area contributed by atoms with E-state index < -0.39 is 18.2 Å². The predicted molar refractivity (Wildman–Crippen MR) is 272 cm³/mol. The predicted octanol–water partition coefficient (Wildman–Crippen LogP) is 7.89. The number of halogens is 1. The Kier molecular flexibility index (Phi) is 14.3. The molecule has 2 aliphatic heterocycles. The van der Waals surface area contributed by atoms with Crippen LogP contribution in [0.25, 0.3) is 32.8 Å². The van der Waals surface area contributed by atoms with Crippen molar-refractivity contribution in [2.24, 2.45) is 5.92 Å². The number of hydrogen-bond donors (Lipinski definition) is 3. The fraction of sp³-hybridized carbons (Fsp3) is 0.321. The van der Waals surface area contributed by atoms with E-state index in [4.69, 9.17) is 21.6 Å². The SMILES string of the molecule is Cc1ncsc1-c1ccc([C@H](C)NC(=O)C2C[C@@H](O)CN2C(=O)C(C(C)C)n2ccc(-c3ccnc(OC4CN(c5ccc(C(=O)NC(C)Cn6ccc(-c7ccc(C#N)c(Cl)c7)n6)cn5)C4)c3)c2)cc1. The normalized spacial score (nSPS) is 17.1. The summed E-state index contributed by atoms with van der Waals surface area (Å²) in [7, 11) is 0. The van der Waals surface area contributed by atoms with Crippen molar-refractivity contribution in [2.45, 2.75) is 84.0 Å². The molecule has 5 atom stereocenters. The maximum atomic E-state index is 14.4. The number of likely N-dealkylation sites (tertiary alicyclic amines) is 1. The van der Waals surface area contributed by atoms with Gasteiger partial charge in [-0.25, -0.2) is 15.0 Å². The summed E-state index contributed by atoms with van der Waals surface area (Å²) in [6.07, 6.45) is 8.11. The van der Waals surface area contributed by atoms with Crippen LogP contribution in [0.5, 0.6) is 5.88 Å². The van der Waals surface area contributed by atoms with E-state index in [-0.39, 0.29) is 54.8 Å². The van der Waals surface area contributed by atoms with Gasteiger partial charge in [0.15, 0.2) is 0 Å². The van der Waals surface area contributed by atoms with Crippen LogP contribution in [0.2, 0.25) is 5.02 Å². The Morgan fingerprint density at radius 1 is 0.901 bits per heavy atom. The van der Waals surface area contributed by atoms with Crippen LogP contribution in [0, 0.1) is 24.2 Å². The third kappa shape index (κ3) is 10.8. The van der Waals surface area contributed by atoms with E-state index in [1.165, 1.54) is 4.90 Å². The molecular formula is C53H54ClN11O5S. The number of β-amino-alcohol motifs (C(OH)–C–C–N with tert-alkyl or cyclic N) is 1. The maximum absolute atomic E-state index is 14.4. The molecule has 3 amide bonds. The molecular weight excluding hydrogens is 938 g/mol. The van der Waals surface area contributed by atoms with Gasteiger partial charge < -0.3 is 34.8 Å². The Hall–Kier alpha value is -7.39. The highest BCUT2D eigenvalue weighted by Gasteiger charge is 2.42. The number of hydrogen-bond acceptors (Lipinski definition) is 12. The highest BCUT2D eigenvalue weighted by Crippen LogP contribution is 2.33. The Labute approximate surface area is 420 Å². The molecule has 7 heterocycles. The smallest absolute Gasteiger partial charge is 0.253 e. The van der Waals surface area contributed by atoms with Gasteiger partial charge in [-0.1, -0.05) is 55.8 Å². The number of aromatic nitrogens is 6. The van der Waals surface area contributed by atoms with Crippen molar-refractivity contribution in [3.05, 3.63) is 143 Å². The van der Waals surface area contributed by atoms with Crippen LogP contribution in [0.15, 0.2) is 115 Å². The van der Waals surface area contributed by atoms with Gasteiger partial charge in [-0.05, 0) is 91.4 Å². The van der Waals surface area contributed by atoms with Gasteiger partial charge in [-0.15, -0.1) is 11.3 Å². The number of pyridine rings is 2. The lowest BCUT2D eigenvalue weighted by Crippen LogP contribution is -2.54. The van der Waals surface area contributed by atoms with E-state index >= 15 is 0 Å². The van der Waals surface area contributed by atoms with Crippen molar-refractivity contribution in [1.29, 1.82) is 5.26 Å². The van der Waals surface area contributed by atoms with Crippen LogP contribution in [0.3, 0.4) is 0 Å². The molecule has 2 aromatic carbocycles.